The molecule has 0 aromatic heterocycles. The van der Waals surface area contributed by atoms with Crippen LogP contribution in [0, 0.1) is 11.8 Å². The van der Waals surface area contributed by atoms with Gasteiger partial charge < -0.3 is 30.9 Å². The predicted molar refractivity (Wildman–Crippen MR) is 115 cm³/mol. The van der Waals surface area contributed by atoms with E-state index in [0.717, 1.165) is 0 Å². The molecule has 3 aliphatic carbocycles. The number of aliphatic hydroxyl groups excluding tert-OH is 2. The number of amides is 1. The van der Waals surface area contributed by atoms with Crippen LogP contribution < -0.4 is 5.73 Å². The lowest BCUT2D eigenvalue weighted by atomic mass is 9.54. The maximum Gasteiger partial charge on any atom is 0.255 e. The molecule has 1 aromatic rings. The van der Waals surface area contributed by atoms with Crippen molar-refractivity contribution in [1.82, 2.24) is 4.90 Å². The first-order valence-electron chi connectivity index (χ1n) is 10.4. The van der Waals surface area contributed by atoms with E-state index < -0.39 is 70.1 Å². The van der Waals surface area contributed by atoms with Crippen LogP contribution in [0.2, 0.25) is 0 Å². The number of hydrogen-bond acceptors (Lipinski definition) is 9. The average molecular weight is 458 g/mol. The fraction of sp³-hybridized carbons (Fsp3) is 0.435. The van der Waals surface area contributed by atoms with Crippen LogP contribution >= 0.6 is 0 Å². The predicted octanol–water partition coefficient (Wildman–Crippen LogP) is 0.150. The number of nitrogens with zero attached hydrogens (tertiary/aromatic N) is 1. The Hall–Kier alpha value is -3.21. The van der Waals surface area contributed by atoms with Crippen LogP contribution in [-0.4, -0.2) is 81.8 Å². The molecule has 0 aliphatic heterocycles. The Morgan fingerprint density at radius 2 is 1.82 bits per heavy atom. The number of carbonyl (C=O) groups excluding carboxylic acids is 3. The topological polar surface area (TPSA) is 171 Å². The zero-order valence-electron chi connectivity index (χ0n) is 18.6. The lowest BCUT2D eigenvalue weighted by Gasteiger charge is -2.54. The first-order valence-corrected chi connectivity index (χ1v) is 10.4. The molecule has 6 N–H and O–H groups in total. The number of rotatable bonds is 3. The molecule has 10 nitrogen and oxygen atoms in total. The lowest BCUT2D eigenvalue weighted by Crippen LogP contribution is -2.70. The van der Waals surface area contributed by atoms with Gasteiger partial charge in [-0.1, -0.05) is 19.1 Å². The van der Waals surface area contributed by atoms with Crippen molar-refractivity contribution >= 4 is 23.2 Å². The van der Waals surface area contributed by atoms with Gasteiger partial charge in [-0.3, -0.25) is 19.3 Å². The molecule has 1 fully saturated rings. The van der Waals surface area contributed by atoms with Crippen molar-refractivity contribution in [3.8, 4) is 5.75 Å². The minimum Gasteiger partial charge on any atom is -0.508 e. The summed E-state index contributed by atoms with van der Waals surface area (Å²) in [6.45, 7) is 1.78. The van der Waals surface area contributed by atoms with E-state index >= 15 is 0 Å². The second kappa shape index (κ2) is 7.41. The molecule has 1 amide bonds. The summed E-state index contributed by atoms with van der Waals surface area (Å²) < 4.78 is 5.73. The number of primary amides is 1. The summed E-state index contributed by atoms with van der Waals surface area (Å²) in [5.41, 5.74) is 2.02. The van der Waals surface area contributed by atoms with Crippen molar-refractivity contribution in [3.63, 3.8) is 0 Å². The summed E-state index contributed by atoms with van der Waals surface area (Å²) >= 11 is 0. The number of carbonyl (C=O) groups is 3. The number of likely N-dealkylation sites (N-methyl/N-ethyl adjacent to an activating group) is 1. The van der Waals surface area contributed by atoms with Gasteiger partial charge in [0.2, 0.25) is 5.78 Å². The number of ether oxygens (including phenoxy) is 1. The Labute approximate surface area is 189 Å². The molecule has 0 bridgehead atoms. The quantitative estimate of drug-likeness (QED) is 0.396. The molecule has 1 aromatic carbocycles. The molecule has 4 rings (SSSR count). The van der Waals surface area contributed by atoms with E-state index in [1.807, 2.05) is 0 Å². The van der Waals surface area contributed by atoms with Crippen molar-refractivity contribution in [2.75, 3.05) is 21.2 Å². The number of fused-ring (bicyclic) bond motifs is 3. The van der Waals surface area contributed by atoms with Gasteiger partial charge in [-0.05, 0) is 31.6 Å². The molecule has 3 aliphatic rings. The largest absolute Gasteiger partial charge is 0.508 e. The third kappa shape index (κ3) is 2.74. The highest BCUT2D eigenvalue weighted by atomic mass is 16.5. The van der Waals surface area contributed by atoms with Crippen LogP contribution in [0.5, 0.6) is 5.75 Å². The van der Waals surface area contributed by atoms with Gasteiger partial charge in [0.25, 0.3) is 5.91 Å². The smallest absolute Gasteiger partial charge is 0.255 e. The third-order valence-electron chi connectivity index (χ3n) is 7.24. The first kappa shape index (κ1) is 23.0. The van der Waals surface area contributed by atoms with Gasteiger partial charge in [0.1, 0.15) is 22.8 Å². The van der Waals surface area contributed by atoms with Gasteiger partial charge in [-0.2, -0.15) is 0 Å². The number of aromatic hydroxyl groups is 1. The Balaban J connectivity index is 2.09. The third-order valence-corrected chi connectivity index (χ3v) is 7.24. The Morgan fingerprint density at radius 1 is 1.18 bits per heavy atom. The monoisotopic (exact) mass is 458 g/mol. The molecule has 0 spiro atoms. The van der Waals surface area contributed by atoms with Crippen LogP contribution in [-0.2, 0) is 19.1 Å². The van der Waals surface area contributed by atoms with Crippen molar-refractivity contribution in [1.29, 1.82) is 0 Å². The Morgan fingerprint density at radius 3 is 2.36 bits per heavy atom. The second-order valence-electron chi connectivity index (χ2n) is 9.00. The number of hydrogen-bond donors (Lipinski definition) is 5. The van der Waals surface area contributed by atoms with Crippen LogP contribution in [0.1, 0.15) is 24.0 Å². The summed E-state index contributed by atoms with van der Waals surface area (Å²) in [4.78, 5) is 40.5. The Kier molecular flexibility index (Phi) is 5.15. The molecular formula is C23H26N2O8. The lowest BCUT2D eigenvalue weighted by molar-refractivity contribution is -0.173. The van der Waals surface area contributed by atoms with Crippen molar-refractivity contribution in [2.45, 2.75) is 30.6 Å². The number of ketones is 2. The average Bonchev–Trinajstić information content (AvgIpc) is 2.73. The van der Waals surface area contributed by atoms with Crippen LogP contribution in [0.25, 0.3) is 5.76 Å². The van der Waals surface area contributed by atoms with Crippen molar-refractivity contribution in [2.24, 2.45) is 17.6 Å². The summed E-state index contributed by atoms with van der Waals surface area (Å²) in [5.74, 6) is -7.81. The molecule has 6 atom stereocenters. The highest BCUT2D eigenvalue weighted by Gasteiger charge is 2.68. The molecule has 33 heavy (non-hydrogen) atoms. The van der Waals surface area contributed by atoms with Gasteiger partial charge in [-0.25, -0.2) is 0 Å². The summed E-state index contributed by atoms with van der Waals surface area (Å²) in [6.07, 6.45) is -1.04. The van der Waals surface area contributed by atoms with Crippen molar-refractivity contribution < 1.29 is 39.5 Å². The fourth-order valence-electron chi connectivity index (χ4n) is 5.84. The van der Waals surface area contributed by atoms with E-state index in [0.29, 0.717) is 5.56 Å². The van der Waals surface area contributed by atoms with Crippen LogP contribution in [0.15, 0.2) is 35.1 Å². The van der Waals surface area contributed by atoms with E-state index in [9.17, 15) is 34.8 Å². The second-order valence-corrected chi connectivity index (χ2v) is 9.00. The van der Waals surface area contributed by atoms with Crippen molar-refractivity contribution in [3.05, 3.63) is 46.2 Å². The molecular weight excluding hydrogens is 432 g/mol. The molecule has 1 saturated carbocycles. The normalized spacial score (nSPS) is 33.7. The number of methoxy groups -OCH3 is 1. The highest BCUT2D eigenvalue weighted by Crippen LogP contribution is 2.56. The number of nitrogens with two attached hydrogens (primary N) is 1. The van der Waals surface area contributed by atoms with Gasteiger partial charge >= 0.3 is 0 Å². The molecule has 0 saturated heterocycles. The minimum absolute atomic E-state index is 0.0381. The molecule has 0 radical (unpaired) electrons. The summed E-state index contributed by atoms with van der Waals surface area (Å²) in [6, 6.07) is 3.42. The van der Waals surface area contributed by atoms with Gasteiger partial charge in [-0.15, -0.1) is 0 Å². The molecule has 0 unspecified atom stereocenters. The number of Topliss-reactive ketones (excluding diaryl/α,β-unsaturated/α-hetero) is 2. The molecule has 10 heteroatoms. The van der Waals surface area contributed by atoms with Crippen LogP contribution in [0.4, 0.5) is 0 Å². The number of phenolic OH excluding ortho intramolecular Hbond substituents is 1. The number of phenols is 1. The SMILES string of the molecule is CO[C@@H]1[C@H]2C(=C(O)c3c(O)cccc3[C@@H]2C)C(=O)[C@]2(O)C(O)=C(C(N)=O)C(=O)[C@@H](N(C)C)[C@@H]12. The fourth-order valence-corrected chi connectivity index (χ4v) is 5.84. The van der Waals surface area contributed by atoms with Gasteiger partial charge in [0.15, 0.2) is 11.4 Å². The highest BCUT2D eigenvalue weighted by molar-refractivity contribution is 6.24. The zero-order chi connectivity index (χ0) is 24.6. The summed E-state index contributed by atoms with van der Waals surface area (Å²) in [5, 5.41) is 44.1. The maximum absolute atomic E-state index is 13.8. The van der Waals surface area contributed by atoms with Gasteiger partial charge in [0, 0.05) is 18.6 Å². The number of benzene rings is 1. The molecule has 176 valence electrons. The van der Waals surface area contributed by atoms with E-state index in [1.54, 1.807) is 19.1 Å². The number of aliphatic hydroxyl groups is 3. The summed E-state index contributed by atoms with van der Waals surface area (Å²) in [7, 11) is 4.39. The van der Waals surface area contributed by atoms with E-state index in [4.69, 9.17) is 10.5 Å². The maximum atomic E-state index is 13.8. The standard InChI is InChI=1S/C23H26N2O8/c1-8-9-6-5-7-10(26)12(9)17(27)13-11(8)19(33-4)15-16(25(2)3)18(28)14(22(24)31)21(30)23(15,32)20(13)29/h5-8,11,15-16,19,26-27,30,32H,1-4H3,(H2,24,31)/t8-,11+,15-,16-,19+,23-/m0/s1. The minimum atomic E-state index is -2.77. The Bertz CT molecular complexity index is 1150. The van der Waals surface area contributed by atoms with Crippen LogP contribution in [0.3, 0.4) is 0 Å². The van der Waals surface area contributed by atoms with E-state index in [2.05, 4.69) is 0 Å². The van der Waals surface area contributed by atoms with Gasteiger partial charge in [0.05, 0.1) is 23.6 Å². The van der Waals surface area contributed by atoms with E-state index in [-0.39, 0.29) is 16.9 Å². The molecule has 0 heterocycles. The zero-order valence-corrected chi connectivity index (χ0v) is 18.6. The van der Waals surface area contributed by atoms with E-state index in [1.165, 1.54) is 32.2 Å². The first-order chi connectivity index (χ1) is 15.4.